The molecule has 0 amide bonds. The van der Waals surface area contributed by atoms with Gasteiger partial charge < -0.3 is 10.2 Å². The van der Waals surface area contributed by atoms with Gasteiger partial charge in [0.1, 0.15) is 0 Å². The van der Waals surface area contributed by atoms with Crippen LogP contribution in [0.5, 0.6) is 0 Å². The third-order valence-electron chi connectivity index (χ3n) is 4.36. The third-order valence-corrected chi connectivity index (χ3v) is 4.73. The molecule has 1 heterocycles. The van der Waals surface area contributed by atoms with E-state index in [0.717, 1.165) is 16.8 Å². The van der Waals surface area contributed by atoms with Crippen molar-refractivity contribution in [1.29, 1.82) is 0 Å². The number of anilines is 1. The Kier molecular flexibility index (Phi) is 6.64. The zero-order valence-corrected chi connectivity index (χ0v) is 16.6. The van der Waals surface area contributed by atoms with Crippen LogP contribution in [0.3, 0.4) is 0 Å². The highest BCUT2D eigenvalue weighted by Crippen LogP contribution is 2.16. The van der Waals surface area contributed by atoms with E-state index >= 15 is 0 Å². The predicted molar refractivity (Wildman–Crippen MR) is 111 cm³/mol. The van der Waals surface area contributed by atoms with Gasteiger partial charge in [0.25, 0.3) is 6.04 Å². The fraction of sp³-hybridized carbons (Fsp3) is 0.286. The summed E-state index contributed by atoms with van der Waals surface area (Å²) in [5, 5.41) is 3.11. The van der Waals surface area contributed by atoms with Crippen LogP contribution in [0.15, 0.2) is 55.4 Å². The van der Waals surface area contributed by atoms with Crippen molar-refractivity contribution in [2.24, 2.45) is 0 Å². The van der Waals surface area contributed by atoms with E-state index in [1.54, 1.807) is 6.08 Å². The molecule has 0 aliphatic carbocycles. The number of hydrogen-bond donors (Lipinski definition) is 1. The Labute approximate surface area is 161 Å². The van der Waals surface area contributed by atoms with E-state index in [9.17, 15) is 4.79 Å². The van der Waals surface area contributed by atoms with E-state index in [4.69, 9.17) is 12.2 Å². The number of benzene rings is 1. The normalized spacial score (nSPS) is 11.5. The Morgan fingerprint density at radius 1 is 1.23 bits per heavy atom. The van der Waals surface area contributed by atoms with Crippen LogP contribution in [-0.4, -0.2) is 31.4 Å². The summed E-state index contributed by atoms with van der Waals surface area (Å²) in [6.07, 6.45) is 5.51. The third kappa shape index (κ3) is 4.55. The zero-order valence-electron chi connectivity index (χ0n) is 15.8. The highest BCUT2D eigenvalue weighted by Gasteiger charge is 2.33. The molecule has 0 aliphatic rings. The first-order chi connectivity index (χ1) is 12.3. The number of thiocarbonyl (C=S) groups is 1. The van der Waals surface area contributed by atoms with Gasteiger partial charge in [-0.3, -0.25) is 4.79 Å². The molecule has 2 rings (SSSR count). The molecule has 0 aliphatic heterocycles. The van der Waals surface area contributed by atoms with Crippen LogP contribution < -0.4 is 14.8 Å². The fourth-order valence-corrected chi connectivity index (χ4v) is 2.92. The topological polar surface area (TPSA) is 36.2 Å². The van der Waals surface area contributed by atoms with Crippen LogP contribution in [0.25, 0.3) is 0 Å². The van der Waals surface area contributed by atoms with Gasteiger partial charge in [-0.2, -0.15) is 4.57 Å². The van der Waals surface area contributed by atoms with E-state index < -0.39 is 6.04 Å². The average Bonchev–Trinajstić information content (AvgIpc) is 2.62. The van der Waals surface area contributed by atoms with Gasteiger partial charge in [-0.25, -0.2) is 0 Å². The van der Waals surface area contributed by atoms with Gasteiger partial charge in [0.2, 0.25) is 5.78 Å². The van der Waals surface area contributed by atoms with Crippen molar-refractivity contribution in [2.75, 3.05) is 25.5 Å². The smallest absolute Gasteiger partial charge is 0.270 e. The standard InChI is InChI=1S/C21H25N3OS/c1-6-11-22-21(26)19(24-12-9-18(10-13-24)23(4)5)20(25)17-8-7-15(2)16(3)14-17/h6-10,12-14,19H,1,11H2,2-5H3/p+1/t19-/m1/s1. The van der Waals surface area contributed by atoms with Gasteiger partial charge in [-0.05, 0) is 31.0 Å². The molecule has 1 atom stereocenters. The molecular weight excluding hydrogens is 342 g/mol. The van der Waals surface area contributed by atoms with Crippen molar-refractivity contribution >= 4 is 28.7 Å². The summed E-state index contributed by atoms with van der Waals surface area (Å²) in [5.41, 5.74) is 3.97. The molecule has 5 heteroatoms. The molecule has 2 aromatic rings. The van der Waals surface area contributed by atoms with E-state index in [0.29, 0.717) is 17.1 Å². The first-order valence-electron chi connectivity index (χ1n) is 8.53. The van der Waals surface area contributed by atoms with E-state index in [-0.39, 0.29) is 5.78 Å². The van der Waals surface area contributed by atoms with Gasteiger partial charge in [0.05, 0.1) is 0 Å². The van der Waals surface area contributed by atoms with Crippen molar-refractivity contribution in [1.82, 2.24) is 5.32 Å². The van der Waals surface area contributed by atoms with E-state index in [1.807, 2.05) is 80.1 Å². The summed E-state index contributed by atoms with van der Waals surface area (Å²) >= 11 is 5.53. The molecule has 0 bridgehead atoms. The lowest BCUT2D eigenvalue weighted by molar-refractivity contribution is -0.692. The van der Waals surface area contributed by atoms with Gasteiger partial charge in [0.15, 0.2) is 17.4 Å². The number of ketones is 1. The summed E-state index contributed by atoms with van der Waals surface area (Å²) in [6.45, 7) is 8.26. The predicted octanol–water partition coefficient (Wildman–Crippen LogP) is 3.18. The first kappa shape index (κ1) is 19.8. The maximum absolute atomic E-state index is 13.2. The summed E-state index contributed by atoms with van der Waals surface area (Å²) in [6, 6.07) is 9.11. The maximum Gasteiger partial charge on any atom is 0.270 e. The summed E-state index contributed by atoms with van der Waals surface area (Å²) < 4.78 is 1.85. The number of carbonyl (C=O) groups is 1. The van der Waals surface area contributed by atoms with Crippen LogP contribution in [0.2, 0.25) is 0 Å². The van der Waals surface area contributed by atoms with Crippen LogP contribution >= 0.6 is 12.2 Å². The van der Waals surface area contributed by atoms with Crippen molar-refractivity contribution in [3.05, 3.63) is 72.1 Å². The average molecular weight is 369 g/mol. The second-order valence-corrected chi connectivity index (χ2v) is 6.94. The van der Waals surface area contributed by atoms with E-state index in [1.165, 1.54) is 0 Å². The highest BCUT2D eigenvalue weighted by molar-refractivity contribution is 7.80. The molecule has 0 spiro atoms. The molecule has 1 aromatic heterocycles. The number of nitrogens with zero attached hydrogens (tertiary/aromatic N) is 2. The van der Waals surface area contributed by atoms with Gasteiger partial charge in [-0.15, -0.1) is 6.58 Å². The Morgan fingerprint density at radius 2 is 1.88 bits per heavy atom. The van der Waals surface area contributed by atoms with Crippen molar-refractivity contribution in [3.8, 4) is 0 Å². The number of pyridine rings is 1. The minimum Gasteiger partial charge on any atom is -0.377 e. The number of Topliss-reactive ketones (excluding diaryl/α,β-unsaturated/α-hetero) is 1. The number of carbonyl (C=O) groups excluding carboxylic acids is 1. The van der Waals surface area contributed by atoms with Crippen molar-refractivity contribution in [2.45, 2.75) is 19.9 Å². The molecular formula is C21H26N3OS+. The van der Waals surface area contributed by atoms with Crippen molar-refractivity contribution in [3.63, 3.8) is 0 Å². The number of aryl methyl sites for hydroxylation is 2. The Balaban J connectivity index is 2.42. The lowest BCUT2D eigenvalue weighted by Crippen LogP contribution is -2.51. The van der Waals surface area contributed by atoms with Crippen LogP contribution in [0.1, 0.15) is 27.5 Å². The molecule has 0 fully saturated rings. The Bertz CT molecular complexity index is 813. The molecule has 0 unspecified atom stereocenters. The molecule has 26 heavy (non-hydrogen) atoms. The first-order valence-corrected chi connectivity index (χ1v) is 8.94. The zero-order chi connectivity index (χ0) is 19.3. The van der Waals surface area contributed by atoms with Crippen molar-refractivity contribution < 1.29 is 9.36 Å². The summed E-state index contributed by atoms with van der Waals surface area (Å²) in [7, 11) is 3.96. The summed E-state index contributed by atoms with van der Waals surface area (Å²) in [5.74, 6) is -0.0303. The lowest BCUT2D eigenvalue weighted by Gasteiger charge is -2.16. The molecule has 0 saturated carbocycles. The Morgan fingerprint density at radius 3 is 2.42 bits per heavy atom. The SMILES string of the molecule is C=CCNC(=S)[C@@H](C(=O)c1ccc(C)c(C)c1)[n+]1ccc(N(C)C)cc1. The summed E-state index contributed by atoms with van der Waals surface area (Å²) in [4.78, 5) is 15.7. The van der Waals surface area contributed by atoms with Crippen LogP contribution in [0.4, 0.5) is 5.69 Å². The number of aromatic nitrogens is 1. The lowest BCUT2D eigenvalue weighted by atomic mass is 9.99. The van der Waals surface area contributed by atoms with Gasteiger partial charge in [0, 0.05) is 44.0 Å². The van der Waals surface area contributed by atoms with Gasteiger partial charge in [-0.1, -0.05) is 30.4 Å². The van der Waals surface area contributed by atoms with E-state index in [2.05, 4.69) is 11.9 Å². The number of hydrogen-bond acceptors (Lipinski definition) is 3. The highest BCUT2D eigenvalue weighted by atomic mass is 32.1. The van der Waals surface area contributed by atoms with Crippen LogP contribution in [0, 0.1) is 13.8 Å². The molecule has 1 N–H and O–H groups in total. The second kappa shape index (κ2) is 8.72. The molecule has 0 saturated heterocycles. The molecule has 136 valence electrons. The fourth-order valence-electron chi connectivity index (χ4n) is 2.61. The quantitative estimate of drug-likeness (QED) is 0.352. The largest absolute Gasteiger partial charge is 0.377 e. The Hall–Kier alpha value is -2.53. The molecule has 1 aromatic carbocycles. The minimum atomic E-state index is -0.594. The molecule has 0 radical (unpaired) electrons. The molecule has 4 nitrogen and oxygen atoms in total. The maximum atomic E-state index is 13.2. The van der Waals surface area contributed by atoms with Crippen LogP contribution in [-0.2, 0) is 0 Å². The minimum absolute atomic E-state index is 0.0303. The second-order valence-electron chi connectivity index (χ2n) is 6.50. The van der Waals surface area contributed by atoms with Gasteiger partial charge >= 0.3 is 0 Å². The monoisotopic (exact) mass is 368 g/mol. The number of nitrogens with one attached hydrogen (secondary N) is 1. The number of rotatable bonds is 7.